The molecule has 0 amide bonds. The van der Waals surface area contributed by atoms with Crippen LogP contribution in [0.5, 0.6) is 11.5 Å². The van der Waals surface area contributed by atoms with E-state index in [1.165, 1.54) is 13.2 Å². The first-order valence-electron chi connectivity index (χ1n) is 7.01. The van der Waals surface area contributed by atoms with Crippen molar-refractivity contribution in [2.24, 2.45) is 0 Å². The first-order chi connectivity index (χ1) is 10.3. The Kier molecular flexibility index (Phi) is 3.38. The summed E-state index contributed by atoms with van der Waals surface area (Å²) in [7, 11) is 1.50. The Morgan fingerprint density at radius 1 is 1.41 bits per heavy atom. The van der Waals surface area contributed by atoms with Crippen molar-refractivity contribution < 1.29 is 24.1 Å². The summed E-state index contributed by atoms with van der Waals surface area (Å²) in [6, 6.07) is 2.89. The number of methoxy groups -OCH3 is 1. The number of fused-ring (bicyclic) bond motifs is 2. The smallest absolute Gasteiger partial charge is 0.196 e. The van der Waals surface area contributed by atoms with E-state index in [1.54, 1.807) is 19.9 Å². The van der Waals surface area contributed by atoms with Gasteiger partial charge in [-0.05, 0) is 13.8 Å². The van der Waals surface area contributed by atoms with E-state index in [0.717, 1.165) is 0 Å². The molecule has 0 saturated heterocycles. The van der Waals surface area contributed by atoms with Crippen LogP contribution in [0.15, 0.2) is 21.3 Å². The average molecular weight is 306 g/mol. The van der Waals surface area contributed by atoms with E-state index in [-0.39, 0.29) is 28.8 Å². The van der Waals surface area contributed by atoms with Gasteiger partial charge in [0.15, 0.2) is 5.43 Å². The SMILES string of the molecule is COCc1cc(=O)c2c(O)c3c(cc2o1)OC(C(C)(C)O)C3. The standard InChI is InChI=1S/C16H18O6/c1-16(2,19)13-5-9-11(22-13)6-12-14(15(9)18)10(17)4-8(21-12)7-20-3/h4,6,13,18-19H,5,7H2,1-3H3. The number of hydrogen-bond acceptors (Lipinski definition) is 6. The summed E-state index contributed by atoms with van der Waals surface area (Å²) in [6.07, 6.45) is -0.154. The van der Waals surface area contributed by atoms with Crippen molar-refractivity contribution in [3.05, 3.63) is 33.7 Å². The molecule has 118 valence electrons. The Bertz CT molecular complexity index is 784. The van der Waals surface area contributed by atoms with Crippen molar-refractivity contribution in [2.45, 2.75) is 38.6 Å². The Labute approximate surface area is 126 Å². The maximum Gasteiger partial charge on any atom is 0.196 e. The fourth-order valence-electron chi connectivity index (χ4n) is 2.66. The van der Waals surface area contributed by atoms with Crippen LogP contribution in [0.4, 0.5) is 0 Å². The third kappa shape index (κ3) is 2.34. The van der Waals surface area contributed by atoms with Gasteiger partial charge in [-0.2, -0.15) is 0 Å². The minimum absolute atomic E-state index is 0.124. The molecule has 1 aliphatic rings. The van der Waals surface area contributed by atoms with E-state index < -0.39 is 11.7 Å². The molecule has 2 aromatic rings. The lowest BCUT2D eigenvalue weighted by molar-refractivity contribution is -0.0229. The minimum Gasteiger partial charge on any atom is -0.507 e. The molecule has 6 nitrogen and oxygen atoms in total. The molecule has 0 spiro atoms. The third-order valence-corrected chi connectivity index (χ3v) is 3.84. The zero-order valence-corrected chi connectivity index (χ0v) is 12.7. The summed E-state index contributed by atoms with van der Waals surface area (Å²) in [5, 5.41) is 20.6. The molecule has 0 aliphatic carbocycles. The zero-order valence-electron chi connectivity index (χ0n) is 12.7. The van der Waals surface area contributed by atoms with Gasteiger partial charge in [0.1, 0.15) is 40.9 Å². The van der Waals surface area contributed by atoms with Crippen LogP contribution >= 0.6 is 0 Å². The van der Waals surface area contributed by atoms with Crippen LogP contribution in [0.25, 0.3) is 11.0 Å². The Balaban J connectivity index is 2.16. The Morgan fingerprint density at radius 2 is 2.14 bits per heavy atom. The lowest BCUT2D eigenvalue weighted by Gasteiger charge is -2.24. The summed E-state index contributed by atoms with van der Waals surface area (Å²) in [5.74, 6) is 0.656. The second-order valence-corrected chi connectivity index (χ2v) is 6.05. The molecule has 22 heavy (non-hydrogen) atoms. The molecule has 1 unspecified atom stereocenters. The largest absolute Gasteiger partial charge is 0.507 e. The number of hydrogen-bond donors (Lipinski definition) is 2. The van der Waals surface area contributed by atoms with E-state index in [9.17, 15) is 15.0 Å². The molecule has 1 aliphatic heterocycles. The van der Waals surface area contributed by atoms with E-state index in [4.69, 9.17) is 13.9 Å². The van der Waals surface area contributed by atoms with Gasteiger partial charge in [-0.3, -0.25) is 4.79 Å². The van der Waals surface area contributed by atoms with Gasteiger partial charge in [-0.15, -0.1) is 0 Å². The van der Waals surface area contributed by atoms with Gasteiger partial charge in [-0.1, -0.05) is 0 Å². The molecule has 0 saturated carbocycles. The molecule has 1 aromatic heterocycles. The maximum absolute atomic E-state index is 12.2. The second-order valence-electron chi connectivity index (χ2n) is 6.05. The summed E-state index contributed by atoms with van der Waals surface area (Å²) in [5.41, 5.74) is -0.630. The quantitative estimate of drug-likeness (QED) is 0.897. The molecular weight excluding hydrogens is 288 g/mol. The summed E-state index contributed by atoms with van der Waals surface area (Å²) < 4.78 is 16.2. The highest BCUT2D eigenvalue weighted by Crippen LogP contribution is 2.42. The normalized spacial score (nSPS) is 17.5. The molecular formula is C16H18O6. The van der Waals surface area contributed by atoms with Crippen molar-refractivity contribution in [3.63, 3.8) is 0 Å². The number of phenols is 1. The van der Waals surface area contributed by atoms with Crippen LogP contribution in [0.3, 0.4) is 0 Å². The first kappa shape index (κ1) is 14.9. The second kappa shape index (κ2) is 5.00. The third-order valence-electron chi connectivity index (χ3n) is 3.84. The highest BCUT2D eigenvalue weighted by atomic mass is 16.5. The monoisotopic (exact) mass is 306 g/mol. The minimum atomic E-state index is -1.06. The summed E-state index contributed by atoms with van der Waals surface area (Å²) in [4.78, 5) is 12.2. The van der Waals surface area contributed by atoms with E-state index in [2.05, 4.69) is 0 Å². The van der Waals surface area contributed by atoms with E-state index in [0.29, 0.717) is 23.5 Å². The average Bonchev–Trinajstić information content (AvgIpc) is 2.82. The number of ether oxygens (including phenoxy) is 2. The molecule has 3 rings (SSSR count). The predicted octanol–water partition coefficient (Wildman–Crippen LogP) is 1.72. The van der Waals surface area contributed by atoms with E-state index >= 15 is 0 Å². The molecule has 0 bridgehead atoms. The number of rotatable bonds is 3. The fourth-order valence-corrected chi connectivity index (χ4v) is 2.66. The van der Waals surface area contributed by atoms with Crippen molar-refractivity contribution in [3.8, 4) is 11.5 Å². The fraction of sp³-hybridized carbons (Fsp3) is 0.438. The van der Waals surface area contributed by atoms with Crippen molar-refractivity contribution in [1.82, 2.24) is 0 Å². The topological polar surface area (TPSA) is 89.1 Å². The van der Waals surface area contributed by atoms with Gasteiger partial charge in [0, 0.05) is 31.2 Å². The van der Waals surface area contributed by atoms with Gasteiger partial charge in [0.25, 0.3) is 0 Å². The van der Waals surface area contributed by atoms with Gasteiger partial charge in [-0.25, -0.2) is 0 Å². The van der Waals surface area contributed by atoms with Gasteiger partial charge in [0.05, 0.1) is 5.60 Å². The van der Waals surface area contributed by atoms with Crippen LogP contribution < -0.4 is 10.2 Å². The molecule has 1 atom stereocenters. The first-order valence-corrected chi connectivity index (χ1v) is 7.01. The molecule has 0 radical (unpaired) electrons. The van der Waals surface area contributed by atoms with Crippen molar-refractivity contribution in [1.29, 1.82) is 0 Å². The van der Waals surface area contributed by atoms with Gasteiger partial charge >= 0.3 is 0 Å². The number of benzene rings is 1. The Morgan fingerprint density at radius 3 is 2.77 bits per heavy atom. The van der Waals surface area contributed by atoms with Crippen LogP contribution in [0.1, 0.15) is 25.2 Å². The molecule has 2 heterocycles. The highest BCUT2D eigenvalue weighted by molar-refractivity contribution is 5.87. The van der Waals surface area contributed by atoms with E-state index in [1.807, 2.05) is 0 Å². The molecule has 0 fully saturated rings. The number of aromatic hydroxyl groups is 1. The van der Waals surface area contributed by atoms with Gasteiger partial charge in [0.2, 0.25) is 0 Å². The van der Waals surface area contributed by atoms with Crippen LogP contribution in [-0.2, 0) is 17.8 Å². The number of aliphatic hydroxyl groups is 1. The molecule has 6 heteroatoms. The predicted molar refractivity (Wildman–Crippen MR) is 79.3 cm³/mol. The summed E-state index contributed by atoms with van der Waals surface area (Å²) >= 11 is 0. The van der Waals surface area contributed by atoms with Crippen LogP contribution in [0.2, 0.25) is 0 Å². The van der Waals surface area contributed by atoms with Crippen molar-refractivity contribution in [2.75, 3.05) is 7.11 Å². The molecule has 1 aromatic carbocycles. The number of phenolic OH excluding ortho intramolecular Hbond substituents is 1. The van der Waals surface area contributed by atoms with Crippen LogP contribution in [0, 0.1) is 0 Å². The Hall–Kier alpha value is -2.05. The van der Waals surface area contributed by atoms with Crippen molar-refractivity contribution >= 4 is 11.0 Å². The highest BCUT2D eigenvalue weighted by Gasteiger charge is 2.37. The summed E-state index contributed by atoms with van der Waals surface area (Å²) in [6.45, 7) is 3.44. The lowest BCUT2D eigenvalue weighted by Crippen LogP contribution is -2.39. The van der Waals surface area contributed by atoms with Crippen LogP contribution in [-0.4, -0.2) is 29.0 Å². The zero-order chi connectivity index (χ0) is 16.1. The maximum atomic E-state index is 12.2. The van der Waals surface area contributed by atoms with Gasteiger partial charge < -0.3 is 24.1 Å². The molecule has 2 N–H and O–H groups in total. The lowest BCUT2D eigenvalue weighted by atomic mass is 9.96.